The normalized spacial score (nSPS) is 24.0. The van der Waals surface area contributed by atoms with Gasteiger partial charge in [0.25, 0.3) is 5.91 Å². The maximum absolute atomic E-state index is 12.2. The Hall–Kier alpha value is -1.78. The summed E-state index contributed by atoms with van der Waals surface area (Å²) in [5.41, 5.74) is 0.600. The van der Waals surface area contributed by atoms with Gasteiger partial charge < -0.3 is 14.6 Å². The number of aliphatic carboxylic acids is 1. The van der Waals surface area contributed by atoms with Crippen molar-refractivity contribution in [2.45, 2.75) is 19.4 Å². The summed E-state index contributed by atoms with van der Waals surface area (Å²) >= 11 is 0. The summed E-state index contributed by atoms with van der Waals surface area (Å²) in [5.74, 6) is -1.35. The summed E-state index contributed by atoms with van der Waals surface area (Å²) in [6, 6.07) is 3.32. The molecule has 0 saturated carbocycles. The highest BCUT2D eigenvalue weighted by atomic mass is 16.4. The fraction of sp³-hybridized carbons (Fsp3) is 0.500. The molecule has 92 valence electrons. The first-order valence-electron chi connectivity index (χ1n) is 5.67. The highest BCUT2D eigenvalue weighted by Gasteiger charge is 2.38. The van der Waals surface area contributed by atoms with E-state index in [1.54, 1.807) is 22.5 Å². The van der Waals surface area contributed by atoms with Gasteiger partial charge in [-0.2, -0.15) is 0 Å². The standard InChI is InChI=1S/C12H16N2O3/c1-8-9(12(16)17)5-7-14(8)11(15)10-4-3-6-13(10)2/h3-4,6,8-9H,5,7H2,1-2H3,(H,16,17). The van der Waals surface area contributed by atoms with Crippen molar-refractivity contribution in [1.82, 2.24) is 9.47 Å². The molecule has 1 saturated heterocycles. The van der Waals surface area contributed by atoms with Gasteiger partial charge in [0.05, 0.1) is 5.92 Å². The summed E-state index contributed by atoms with van der Waals surface area (Å²) < 4.78 is 1.75. The lowest BCUT2D eigenvalue weighted by Gasteiger charge is -2.23. The molecule has 0 spiro atoms. The third-order valence-corrected chi connectivity index (χ3v) is 3.50. The van der Waals surface area contributed by atoms with Crippen LogP contribution < -0.4 is 0 Å². The second kappa shape index (κ2) is 4.24. The average molecular weight is 236 g/mol. The van der Waals surface area contributed by atoms with Gasteiger partial charge in [-0.3, -0.25) is 9.59 Å². The van der Waals surface area contributed by atoms with Gasteiger partial charge in [0.15, 0.2) is 0 Å². The zero-order chi connectivity index (χ0) is 12.6. The van der Waals surface area contributed by atoms with Crippen LogP contribution in [-0.2, 0) is 11.8 Å². The molecule has 1 amide bonds. The van der Waals surface area contributed by atoms with Gasteiger partial charge in [0.1, 0.15) is 5.69 Å². The van der Waals surface area contributed by atoms with Crippen LogP contribution in [0.3, 0.4) is 0 Å². The molecular weight excluding hydrogens is 220 g/mol. The average Bonchev–Trinajstić information content (AvgIpc) is 2.83. The summed E-state index contributed by atoms with van der Waals surface area (Å²) in [4.78, 5) is 24.9. The van der Waals surface area contributed by atoms with Crippen molar-refractivity contribution in [3.8, 4) is 0 Å². The smallest absolute Gasteiger partial charge is 0.308 e. The molecule has 2 atom stereocenters. The molecule has 2 heterocycles. The number of rotatable bonds is 2. The number of hydrogen-bond donors (Lipinski definition) is 1. The van der Waals surface area contributed by atoms with Crippen molar-refractivity contribution in [3.05, 3.63) is 24.0 Å². The molecule has 1 fully saturated rings. The Labute approximate surface area is 99.6 Å². The Bertz CT molecular complexity index is 452. The van der Waals surface area contributed by atoms with Gasteiger partial charge in [-0.25, -0.2) is 0 Å². The van der Waals surface area contributed by atoms with Crippen LogP contribution in [0.2, 0.25) is 0 Å². The van der Waals surface area contributed by atoms with Crippen molar-refractivity contribution < 1.29 is 14.7 Å². The van der Waals surface area contributed by atoms with E-state index in [0.29, 0.717) is 18.7 Å². The number of carbonyl (C=O) groups is 2. The minimum Gasteiger partial charge on any atom is -0.481 e. The second-order valence-electron chi connectivity index (χ2n) is 4.48. The van der Waals surface area contributed by atoms with E-state index >= 15 is 0 Å². The van der Waals surface area contributed by atoms with Crippen molar-refractivity contribution in [2.75, 3.05) is 6.54 Å². The van der Waals surface area contributed by atoms with Crippen LogP contribution in [-0.4, -0.2) is 39.0 Å². The van der Waals surface area contributed by atoms with Crippen LogP contribution in [0.1, 0.15) is 23.8 Å². The number of hydrogen-bond acceptors (Lipinski definition) is 2. The Balaban J connectivity index is 2.18. The molecular formula is C12H16N2O3. The molecule has 1 N–H and O–H groups in total. The maximum Gasteiger partial charge on any atom is 0.308 e. The number of likely N-dealkylation sites (tertiary alicyclic amines) is 1. The number of amides is 1. The monoisotopic (exact) mass is 236 g/mol. The van der Waals surface area contributed by atoms with E-state index in [2.05, 4.69) is 0 Å². The molecule has 5 nitrogen and oxygen atoms in total. The molecule has 2 unspecified atom stereocenters. The summed E-state index contributed by atoms with van der Waals surface area (Å²) in [5, 5.41) is 9.03. The largest absolute Gasteiger partial charge is 0.481 e. The zero-order valence-electron chi connectivity index (χ0n) is 9.96. The van der Waals surface area contributed by atoms with E-state index in [9.17, 15) is 9.59 Å². The molecule has 1 aromatic rings. The number of carboxylic acid groups (broad SMARTS) is 1. The number of aryl methyl sites for hydroxylation is 1. The van der Waals surface area contributed by atoms with Crippen molar-refractivity contribution >= 4 is 11.9 Å². The van der Waals surface area contributed by atoms with E-state index in [0.717, 1.165) is 0 Å². The van der Waals surface area contributed by atoms with Crippen LogP contribution >= 0.6 is 0 Å². The Morgan fingerprint density at radius 3 is 2.65 bits per heavy atom. The van der Waals surface area contributed by atoms with E-state index in [1.165, 1.54) is 0 Å². The lowest BCUT2D eigenvalue weighted by Crippen LogP contribution is -2.38. The van der Waals surface area contributed by atoms with Crippen LogP contribution in [0, 0.1) is 5.92 Å². The van der Waals surface area contributed by atoms with Gasteiger partial charge >= 0.3 is 5.97 Å². The molecule has 0 radical (unpaired) electrons. The van der Waals surface area contributed by atoms with Crippen LogP contribution in [0.15, 0.2) is 18.3 Å². The second-order valence-corrected chi connectivity index (χ2v) is 4.48. The minimum atomic E-state index is -0.820. The molecule has 5 heteroatoms. The highest BCUT2D eigenvalue weighted by molar-refractivity contribution is 5.93. The Kier molecular flexibility index (Phi) is 2.92. The first-order chi connectivity index (χ1) is 8.02. The van der Waals surface area contributed by atoms with Gasteiger partial charge in [-0.05, 0) is 25.5 Å². The summed E-state index contributed by atoms with van der Waals surface area (Å²) in [7, 11) is 1.81. The van der Waals surface area contributed by atoms with Crippen LogP contribution in [0.4, 0.5) is 0 Å². The molecule has 0 bridgehead atoms. The molecule has 1 aromatic heterocycles. The Morgan fingerprint density at radius 2 is 2.18 bits per heavy atom. The third kappa shape index (κ3) is 1.92. The van der Waals surface area contributed by atoms with Crippen LogP contribution in [0.25, 0.3) is 0 Å². The minimum absolute atomic E-state index is 0.0891. The van der Waals surface area contributed by atoms with Gasteiger partial charge in [-0.1, -0.05) is 0 Å². The highest BCUT2D eigenvalue weighted by Crippen LogP contribution is 2.25. The fourth-order valence-corrected chi connectivity index (χ4v) is 2.39. The molecule has 0 aliphatic carbocycles. The topological polar surface area (TPSA) is 62.5 Å². The SMILES string of the molecule is CC1C(C(=O)O)CCN1C(=O)c1cccn1C. The van der Waals surface area contributed by atoms with E-state index in [4.69, 9.17) is 5.11 Å². The van der Waals surface area contributed by atoms with Crippen LogP contribution in [0.5, 0.6) is 0 Å². The van der Waals surface area contributed by atoms with Crippen molar-refractivity contribution in [1.29, 1.82) is 0 Å². The van der Waals surface area contributed by atoms with Gasteiger partial charge in [-0.15, -0.1) is 0 Å². The lowest BCUT2D eigenvalue weighted by molar-refractivity contribution is -0.142. The van der Waals surface area contributed by atoms with Crippen molar-refractivity contribution in [2.24, 2.45) is 13.0 Å². The number of carbonyl (C=O) groups excluding carboxylic acids is 1. The maximum atomic E-state index is 12.2. The predicted octanol–water partition coefficient (Wildman–Crippen LogP) is 0.960. The van der Waals surface area contributed by atoms with E-state index < -0.39 is 11.9 Å². The molecule has 17 heavy (non-hydrogen) atoms. The molecule has 0 aromatic carbocycles. The number of carboxylic acids is 1. The van der Waals surface area contributed by atoms with E-state index in [-0.39, 0.29) is 11.9 Å². The summed E-state index contributed by atoms with van der Waals surface area (Å²) in [6.45, 7) is 2.31. The summed E-state index contributed by atoms with van der Waals surface area (Å²) in [6.07, 6.45) is 2.34. The number of nitrogens with zero attached hydrogens (tertiary/aromatic N) is 2. The number of aromatic nitrogens is 1. The van der Waals surface area contributed by atoms with E-state index in [1.807, 2.05) is 19.3 Å². The molecule has 1 aliphatic heterocycles. The predicted molar refractivity (Wildman–Crippen MR) is 61.7 cm³/mol. The molecule has 1 aliphatic rings. The quantitative estimate of drug-likeness (QED) is 0.832. The van der Waals surface area contributed by atoms with Crippen molar-refractivity contribution in [3.63, 3.8) is 0 Å². The zero-order valence-corrected chi connectivity index (χ0v) is 9.96. The third-order valence-electron chi connectivity index (χ3n) is 3.50. The first kappa shape index (κ1) is 11.7. The lowest BCUT2D eigenvalue weighted by atomic mass is 10.0. The van der Waals surface area contributed by atoms with Gasteiger partial charge in [0.2, 0.25) is 0 Å². The van der Waals surface area contributed by atoms with Gasteiger partial charge in [0, 0.05) is 25.8 Å². The Morgan fingerprint density at radius 1 is 1.47 bits per heavy atom. The molecule has 2 rings (SSSR count). The first-order valence-corrected chi connectivity index (χ1v) is 5.67. The fourth-order valence-electron chi connectivity index (χ4n) is 2.39.